The van der Waals surface area contributed by atoms with Crippen molar-refractivity contribution in [3.05, 3.63) is 42.2 Å². The highest BCUT2D eigenvalue weighted by molar-refractivity contribution is 5.78. The van der Waals surface area contributed by atoms with Crippen LogP contribution in [0.1, 0.15) is 24.3 Å². The van der Waals surface area contributed by atoms with Crippen LogP contribution in [0.25, 0.3) is 11.1 Å². The Morgan fingerprint density at radius 3 is 2.42 bits per heavy atom. The van der Waals surface area contributed by atoms with Gasteiger partial charge in [-0.05, 0) is 37.6 Å². The SMILES string of the molecule is CC(C)Oc1ccc(-c2cnc(C=O)c(O)c2)cc1. The van der Waals surface area contributed by atoms with Crippen molar-refractivity contribution in [3.63, 3.8) is 0 Å². The second-order valence-corrected chi connectivity index (χ2v) is 4.44. The molecule has 0 unspecified atom stereocenters. The van der Waals surface area contributed by atoms with E-state index >= 15 is 0 Å². The number of ether oxygens (including phenoxy) is 1. The Morgan fingerprint density at radius 2 is 1.89 bits per heavy atom. The number of pyridine rings is 1. The summed E-state index contributed by atoms with van der Waals surface area (Å²) in [5, 5.41) is 9.61. The number of benzene rings is 1. The minimum absolute atomic E-state index is 0.0449. The fourth-order valence-corrected chi connectivity index (χ4v) is 1.71. The summed E-state index contributed by atoms with van der Waals surface area (Å²) in [5.41, 5.74) is 1.69. The summed E-state index contributed by atoms with van der Waals surface area (Å²) in [6.45, 7) is 3.93. The number of rotatable bonds is 4. The molecular weight excluding hydrogens is 242 g/mol. The predicted octanol–water partition coefficient (Wildman–Crippen LogP) is 3.05. The van der Waals surface area contributed by atoms with Gasteiger partial charge in [-0.1, -0.05) is 12.1 Å². The van der Waals surface area contributed by atoms with E-state index in [1.165, 1.54) is 6.07 Å². The van der Waals surface area contributed by atoms with Gasteiger partial charge in [0.05, 0.1) is 6.10 Å². The molecule has 0 bridgehead atoms. The van der Waals surface area contributed by atoms with Gasteiger partial charge in [-0.25, -0.2) is 4.98 Å². The van der Waals surface area contributed by atoms with Gasteiger partial charge in [-0.15, -0.1) is 0 Å². The number of aromatic hydroxyl groups is 1. The van der Waals surface area contributed by atoms with E-state index in [0.29, 0.717) is 6.29 Å². The Hall–Kier alpha value is -2.36. The Morgan fingerprint density at radius 1 is 1.21 bits per heavy atom. The summed E-state index contributed by atoms with van der Waals surface area (Å²) in [7, 11) is 0. The summed E-state index contributed by atoms with van der Waals surface area (Å²) < 4.78 is 5.55. The molecule has 2 aromatic rings. The predicted molar refractivity (Wildman–Crippen MR) is 72.5 cm³/mol. The number of carbonyl (C=O) groups excluding carboxylic acids is 1. The van der Waals surface area contributed by atoms with Crippen LogP contribution in [0.3, 0.4) is 0 Å². The molecule has 0 amide bonds. The van der Waals surface area contributed by atoms with E-state index in [1.54, 1.807) is 6.20 Å². The number of nitrogens with zero attached hydrogens (tertiary/aromatic N) is 1. The highest BCUT2D eigenvalue weighted by Gasteiger charge is 2.05. The molecule has 0 aliphatic carbocycles. The summed E-state index contributed by atoms with van der Waals surface area (Å²) in [6, 6.07) is 9.01. The van der Waals surface area contributed by atoms with Gasteiger partial charge in [0.1, 0.15) is 17.2 Å². The summed E-state index contributed by atoms with van der Waals surface area (Å²) >= 11 is 0. The topological polar surface area (TPSA) is 59.4 Å². The summed E-state index contributed by atoms with van der Waals surface area (Å²) in [5.74, 6) is 0.676. The van der Waals surface area contributed by atoms with Gasteiger partial charge in [0.15, 0.2) is 6.29 Å². The van der Waals surface area contributed by atoms with Gasteiger partial charge < -0.3 is 9.84 Å². The third-order valence-electron chi connectivity index (χ3n) is 2.57. The smallest absolute Gasteiger partial charge is 0.172 e. The Kier molecular flexibility index (Phi) is 3.80. The maximum atomic E-state index is 10.6. The van der Waals surface area contributed by atoms with Gasteiger partial charge in [0, 0.05) is 11.8 Å². The average molecular weight is 257 g/mol. The molecule has 1 heterocycles. The van der Waals surface area contributed by atoms with E-state index in [-0.39, 0.29) is 17.5 Å². The Labute approximate surface area is 111 Å². The molecule has 0 atom stereocenters. The van der Waals surface area contributed by atoms with Crippen LogP contribution in [-0.2, 0) is 0 Å². The van der Waals surface area contributed by atoms with E-state index < -0.39 is 0 Å². The molecule has 0 spiro atoms. The van der Waals surface area contributed by atoms with Crippen LogP contribution in [0.5, 0.6) is 11.5 Å². The molecule has 19 heavy (non-hydrogen) atoms. The summed E-state index contributed by atoms with van der Waals surface area (Å²) in [4.78, 5) is 14.5. The van der Waals surface area contributed by atoms with Crippen LogP contribution >= 0.6 is 0 Å². The number of aromatic nitrogens is 1. The van der Waals surface area contributed by atoms with E-state index in [2.05, 4.69) is 4.98 Å². The van der Waals surface area contributed by atoms with Gasteiger partial charge in [-0.3, -0.25) is 4.79 Å². The zero-order valence-corrected chi connectivity index (χ0v) is 10.8. The monoisotopic (exact) mass is 257 g/mol. The quantitative estimate of drug-likeness (QED) is 0.855. The van der Waals surface area contributed by atoms with Crippen LogP contribution in [0, 0.1) is 0 Å². The fourth-order valence-electron chi connectivity index (χ4n) is 1.71. The number of aldehydes is 1. The fraction of sp³-hybridized carbons (Fsp3) is 0.200. The van der Waals surface area contributed by atoms with Crippen molar-refractivity contribution >= 4 is 6.29 Å². The van der Waals surface area contributed by atoms with Gasteiger partial charge in [0.2, 0.25) is 0 Å². The first-order chi connectivity index (χ1) is 9.10. The normalized spacial score (nSPS) is 10.5. The molecule has 4 nitrogen and oxygen atoms in total. The molecule has 0 aliphatic heterocycles. The lowest BCUT2D eigenvalue weighted by Gasteiger charge is -2.10. The minimum Gasteiger partial charge on any atom is -0.506 e. The zero-order chi connectivity index (χ0) is 13.8. The molecule has 0 saturated carbocycles. The number of carbonyl (C=O) groups is 1. The summed E-state index contributed by atoms with van der Waals surface area (Å²) in [6.07, 6.45) is 2.21. The molecule has 1 N–H and O–H groups in total. The molecule has 98 valence electrons. The van der Waals surface area contributed by atoms with Crippen molar-refractivity contribution in [3.8, 4) is 22.6 Å². The number of hydrogen-bond donors (Lipinski definition) is 1. The molecule has 1 aromatic carbocycles. The maximum Gasteiger partial charge on any atom is 0.172 e. The largest absolute Gasteiger partial charge is 0.506 e. The molecule has 0 fully saturated rings. The Bertz CT molecular complexity index is 576. The van der Waals surface area contributed by atoms with E-state index in [9.17, 15) is 9.90 Å². The van der Waals surface area contributed by atoms with Crippen molar-refractivity contribution in [2.24, 2.45) is 0 Å². The van der Waals surface area contributed by atoms with E-state index in [0.717, 1.165) is 16.9 Å². The van der Waals surface area contributed by atoms with Crippen LogP contribution < -0.4 is 4.74 Å². The lowest BCUT2D eigenvalue weighted by molar-refractivity contribution is 0.111. The van der Waals surface area contributed by atoms with Crippen LogP contribution in [0.4, 0.5) is 0 Å². The lowest BCUT2D eigenvalue weighted by Crippen LogP contribution is -2.05. The average Bonchev–Trinajstić information content (AvgIpc) is 2.39. The van der Waals surface area contributed by atoms with Crippen LogP contribution in [0.15, 0.2) is 36.5 Å². The first-order valence-corrected chi connectivity index (χ1v) is 6.01. The van der Waals surface area contributed by atoms with E-state index in [1.807, 2.05) is 38.1 Å². The third kappa shape index (κ3) is 3.10. The van der Waals surface area contributed by atoms with E-state index in [4.69, 9.17) is 4.74 Å². The van der Waals surface area contributed by atoms with Crippen LogP contribution in [-0.4, -0.2) is 22.5 Å². The van der Waals surface area contributed by atoms with Crippen molar-refractivity contribution < 1.29 is 14.6 Å². The van der Waals surface area contributed by atoms with Crippen molar-refractivity contribution in [2.75, 3.05) is 0 Å². The molecule has 0 aliphatic rings. The molecule has 0 saturated heterocycles. The molecule has 2 rings (SSSR count). The second-order valence-electron chi connectivity index (χ2n) is 4.44. The van der Waals surface area contributed by atoms with Crippen molar-refractivity contribution in [1.82, 2.24) is 4.98 Å². The minimum atomic E-state index is -0.116. The van der Waals surface area contributed by atoms with Gasteiger partial charge >= 0.3 is 0 Å². The third-order valence-corrected chi connectivity index (χ3v) is 2.57. The lowest BCUT2D eigenvalue weighted by atomic mass is 10.1. The van der Waals surface area contributed by atoms with Crippen molar-refractivity contribution in [2.45, 2.75) is 20.0 Å². The molecule has 1 aromatic heterocycles. The highest BCUT2D eigenvalue weighted by Crippen LogP contribution is 2.26. The van der Waals surface area contributed by atoms with Gasteiger partial charge in [-0.2, -0.15) is 0 Å². The first kappa shape index (κ1) is 13.1. The number of hydrogen-bond acceptors (Lipinski definition) is 4. The van der Waals surface area contributed by atoms with Gasteiger partial charge in [0.25, 0.3) is 0 Å². The first-order valence-electron chi connectivity index (χ1n) is 6.01. The standard InChI is InChI=1S/C15H15NO3/c1-10(2)19-13-5-3-11(4-6-13)12-7-15(18)14(9-17)16-8-12/h3-10,18H,1-2H3. The highest BCUT2D eigenvalue weighted by atomic mass is 16.5. The molecule has 0 radical (unpaired) electrons. The second kappa shape index (κ2) is 5.52. The maximum absolute atomic E-state index is 10.6. The van der Waals surface area contributed by atoms with Crippen molar-refractivity contribution in [1.29, 1.82) is 0 Å². The molecular formula is C15H15NO3. The van der Waals surface area contributed by atoms with Crippen LogP contribution in [0.2, 0.25) is 0 Å². The Balaban J connectivity index is 2.27. The molecule has 4 heteroatoms. The zero-order valence-electron chi connectivity index (χ0n) is 10.8.